The number of nitrogens with one attached hydrogen (secondary N) is 2. The van der Waals surface area contributed by atoms with Crippen molar-refractivity contribution in [1.29, 1.82) is 0 Å². The Kier molecular flexibility index (Phi) is 4.84. The first-order valence-electron chi connectivity index (χ1n) is 8.12. The lowest BCUT2D eigenvalue weighted by molar-refractivity contribution is -0.123. The molecular formula is C20H21N3O2. The van der Waals surface area contributed by atoms with Gasteiger partial charge in [0.05, 0.1) is 6.21 Å². The lowest BCUT2D eigenvalue weighted by atomic mass is 10.1. The number of carbonyl (C=O) groups is 1. The van der Waals surface area contributed by atoms with Crippen LogP contribution in [-0.4, -0.2) is 23.7 Å². The van der Waals surface area contributed by atoms with E-state index >= 15 is 0 Å². The van der Waals surface area contributed by atoms with Crippen LogP contribution in [0.1, 0.15) is 22.3 Å². The third kappa shape index (κ3) is 4.07. The molecule has 0 saturated heterocycles. The number of benzene rings is 2. The summed E-state index contributed by atoms with van der Waals surface area (Å²) >= 11 is 0. The quantitative estimate of drug-likeness (QED) is 0.552. The van der Waals surface area contributed by atoms with E-state index in [-0.39, 0.29) is 12.5 Å². The average Bonchev–Trinajstić information content (AvgIpc) is 3.01. The monoisotopic (exact) mass is 335 g/mol. The van der Waals surface area contributed by atoms with E-state index in [1.165, 1.54) is 5.56 Å². The SMILES string of the molecule is Cc1cc(C)c(OCC(=O)NN=Cc2ccc3cc[nH]c3c2)c(C)c1. The predicted octanol–water partition coefficient (Wildman–Crippen LogP) is 3.62. The molecule has 0 spiro atoms. The van der Waals surface area contributed by atoms with E-state index in [4.69, 9.17) is 4.74 Å². The second kappa shape index (κ2) is 7.21. The van der Waals surface area contributed by atoms with Crippen LogP contribution >= 0.6 is 0 Å². The summed E-state index contributed by atoms with van der Waals surface area (Å²) in [4.78, 5) is 15.1. The largest absolute Gasteiger partial charge is 0.483 e. The summed E-state index contributed by atoms with van der Waals surface area (Å²) in [5.41, 5.74) is 7.64. The van der Waals surface area contributed by atoms with E-state index < -0.39 is 0 Å². The zero-order valence-corrected chi connectivity index (χ0v) is 14.6. The number of hydrogen-bond acceptors (Lipinski definition) is 3. The Morgan fingerprint density at radius 1 is 1.16 bits per heavy atom. The molecule has 0 aliphatic rings. The van der Waals surface area contributed by atoms with Crippen molar-refractivity contribution in [2.75, 3.05) is 6.61 Å². The van der Waals surface area contributed by atoms with Crippen molar-refractivity contribution in [2.24, 2.45) is 5.10 Å². The number of hydrogen-bond donors (Lipinski definition) is 2. The molecule has 25 heavy (non-hydrogen) atoms. The zero-order valence-electron chi connectivity index (χ0n) is 14.6. The maximum Gasteiger partial charge on any atom is 0.277 e. The Labute approximate surface area is 146 Å². The van der Waals surface area contributed by atoms with Gasteiger partial charge in [-0.25, -0.2) is 5.43 Å². The van der Waals surface area contributed by atoms with Gasteiger partial charge in [0.15, 0.2) is 6.61 Å². The van der Waals surface area contributed by atoms with Crippen LogP contribution in [0, 0.1) is 20.8 Å². The molecule has 0 saturated carbocycles. The third-order valence-corrected chi connectivity index (χ3v) is 3.93. The molecule has 0 bridgehead atoms. The van der Waals surface area contributed by atoms with Crippen molar-refractivity contribution in [3.8, 4) is 5.75 Å². The van der Waals surface area contributed by atoms with E-state index in [0.717, 1.165) is 33.3 Å². The van der Waals surface area contributed by atoms with Gasteiger partial charge >= 0.3 is 0 Å². The molecule has 128 valence electrons. The summed E-state index contributed by atoms with van der Waals surface area (Å²) in [6.45, 7) is 5.91. The number of aryl methyl sites for hydroxylation is 3. The van der Waals surface area contributed by atoms with Gasteiger partial charge in [-0.1, -0.05) is 29.8 Å². The van der Waals surface area contributed by atoms with Gasteiger partial charge in [-0.05, 0) is 55.0 Å². The van der Waals surface area contributed by atoms with E-state index in [1.54, 1.807) is 6.21 Å². The number of aromatic amines is 1. The zero-order chi connectivity index (χ0) is 17.8. The number of carbonyl (C=O) groups excluding carboxylic acids is 1. The minimum atomic E-state index is -0.295. The van der Waals surface area contributed by atoms with E-state index in [1.807, 2.05) is 63.4 Å². The standard InChI is InChI=1S/C20H21N3O2/c1-13-8-14(2)20(15(3)9-13)25-12-19(24)23-22-11-16-4-5-17-6-7-21-18(17)10-16/h4-11,21H,12H2,1-3H3,(H,23,24). The van der Waals surface area contributed by atoms with Gasteiger partial charge in [0.25, 0.3) is 5.91 Å². The van der Waals surface area contributed by atoms with E-state index in [0.29, 0.717) is 0 Å². The summed E-state index contributed by atoms with van der Waals surface area (Å²) in [5, 5.41) is 5.12. The summed E-state index contributed by atoms with van der Waals surface area (Å²) in [7, 11) is 0. The first-order valence-corrected chi connectivity index (χ1v) is 8.12. The number of hydrazone groups is 1. The molecule has 1 amide bonds. The maximum atomic E-state index is 11.9. The van der Waals surface area contributed by atoms with Crippen molar-refractivity contribution in [3.05, 3.63) is 64.8 Å². The van der Waals surface area contributed by atoms with Gasteiger partial charge in [0.1, 0.15) is 5.75 Å². The molecule has 1 aromatic heterocycles. The first kappa shape index (κ1) is 16.8. The molecular weight excluding hydrogens is 314 g/mol. The van der Waals surface area contributed by atoms with E-state index in [2.05, 4.69) is 15.5 Å². The van der Waals surface area contributed by atoms with Gasteiger partial charge in [0.2, 0.25) is 0 Å². The molecule has 0 fully saturated rings. The predicted molar refractivity (Wildman–Crippen MR) is 100 cm³/mol. The molecule has 2 N–H and O–H groups in total. The Balaban J connectivity index is 1.56. The fourth-order valence-electron chi connectivity index (χ4n) is 2.89. The summed E-state index contributed by atoms with van der Waals surface area (Å²) in [6.07, 6.45) is 3.50. The molecule has 2 aromatic carbocycles. The normalized spacial score (nSPS) is 11.2. The highest BCUT2D eigenvalue weighted by Gasteiger charge is 2.07. The minimum absolute atomic E-state index is 0.0717. The van der Waals surface area contributed by atoms with Gasteiger partial charge in [-0.3, -0.25) is 4.79 Å². The smallest absolute Gasteiger partial charge is 0.277 e. The molecule has 0 unspecified atom stereocenters. The molecule has 3 rings (SSSR count). The Morgan fingerprint density at radius 3 is 2.68 bits per heavy atom. The van der Waals surface area contributed by atoms with Crippen molar-refractivity contribution in [2.45, 2.75) is 20.8 Å². The summed E-state index contributed by atoms with van der Waals surface area (Å²) in [5.74, 6) is 0.457. The molecule has 1 heterocycles. The van der Waals surface area contributed by atoms with E-state index in [9.17, 15) is 4.79 Å². The fraction of sp³-hybridized carbons (Fsp3) is 0.200. The van der Waals surface area contributed by atoms with Crippen LogP contribution in [-0.2, 0) is 4.79 Å². The second-order valence-corrected chi connectivity index (χ2v) is 6.13. The second-order valence-electron chi connectivity index (χ2n) is 6.13. The topological polar surface area (TPSA) is 66.5 Å². The number of ether oxygens (including phenoxy) is 1. The lowest BCUT2D eigenvalue weighted by Crippen LogP contribution is -2.25. The number of nitrogens with zero attached hydrogens (tertiary/aromatic N) is 1. The first-order chi connectivity index (χ1) is 12.0. The summed E-state index contributed by atoms with van der Waals surface area (Å²) in [6, 6.07) is 12.0. The number of fused-ring (bicyclic) bond motifs is 1. The van der Waals surface area contributed by atoms with Crippen molar-refractivity contribution in [1.82, 2.24) is 10.4 Å². The van der Waals surface area contributed by atoms with Crippen molar-refractivity contribution < 1.29 is 9.53 Å². The molecule has 5 nitrogen and oxygen atoms in total. The number of rotatable bonds is 5. The molecule has 3 aromatic rings. The van der Waals surface area contributed by atoms with Crippen LogP contribution in [0.2, 0.25) is 0 Å². The van der Waals surface area contributed by atoms with Gasteiger partial charge in [-0.2, -0.15) is 5.10 Å². The number of H-pyrrole nitrogens is 1. The Morgan fingerprint density at radius 2 is 1.92 bits per heavy atom. The highest BCUT2D eigenvalue weighted by Crippen LogP contribution is 2.24. The third-order valence-electron chi connectivity index (χ3n) is 3.93. The summed E-state index contributed by atoms with van der Waals surface area (Å²) < 4.78 is 5.64. The minimum Gasteiger partial charge on any atom is -0.483 e. The maximum absolute atomic E-state index is 11.9. The number of amides is 1. The molecule has 0 aliphatic carbocycles. The van der Waals surface area contributed by atoms with Crippen LogP contribution in [0.3, 0.4) is 0 Å². The van der Waals surface area contributed by atoms with Crippen LogP contribution in [0.5, 0.6) is 5.75 Å². The average molecular weight is 335 g/mol. The molecule has 5 heteroatoms. The molecule has 0 radical (unpaired) electrons. The van der Waals surface area contributed by atoms with Gasteiger partial charge in [-0.15, -0.1) is 0 Å². The lowest BCUT2D eigenvalue weighted by Gasteiger charge is -2.12. The highest BCUT2D eigenvalue weighted by molar-refractivity contribution is 5.89. The Hall–Kier alpha value is -3.08. The van der Waals surface area contributed by atoms with Gasteiger partial charge in [0, 0.05) is 11.7 Å². The van der Waals surface area contributed by atoms with Crippen LogP contribution in [0.25, 0.3) is 10.9 Å². The van der Waals surface area contributed by atoms with Crippen LogP contribution < -0.4 is 10.2 Å². The Bertz CT molecular complexity index is 918. The van der Waals surface area contributed by atoms with Crippen molar-refractivity contribution >= 4 is 23.0 Å². The van der Waals surface area contributed by atoms with Crippen LogP contribution in [0.4, 0.5) is 0 Å². The fourth-order valence-corrected chi connectivity index (χ4v) is 2.89. The van der Waals surface area contributed by atoms with Crippen LogP contribution in [0.15, 0.2) is 47.7 Å². The molecule has 0 atom stereocenters. The number of aromatic nitrogens is 1. The highest BCUT2D eigenvalue weighted by atomic mass is 16.5. The van der Waals surface area contributed by atoms with Crippen molar-refractivity contribution in [3.63, 3.8) is 0 Å². The van der Waals surface area contributed by atoms with Gasteiger partial charge < -0.3 is 9.72 Å². The molecule has 0 aliphatic heterocycles.